The third-order valence-electron chi connectivity index (χ3n) is 2.99. The van der Waals surface area contributed by atoms with Gasteiger partial charge in [0.2, 0.25) is 0 Å². The maximum atomic E-state index is 11.8. The minimum absolute atomic E-state index is 0.0693. The van der Waals surface area contributed by atoms with Gasteiger partial charge in [0.15, 0.2) is 11.5 Å². The lowest BCUT2D eigenvalue weighted by Crippen LogP contribution is -2.01. The molecule has 0 aliphatic rings. The zero-order valence-electron chi connectivity index (χ0n) is 12.0. The van der Waals surface area contributed by atoms with E-state index >= 15 is 0 Å². The predicted molar refractivity (Wildman–Crippen MR) is 82.5 cm³/mol. The molecule has 0 unspecified atom stereocenters. The molecule has 0 aliphatic carbocycles. The Morgan fingerprint density at radius 3 is 2.63 bits per heavy atom. The van der Waals surface area contributed by atoms with E-state index in [9.17, 15) is 4.79 Å². The highest BCUT2D eigenvalue weighted by atomic mass is 32.1. The normalized spacial score (nSPS) is 10.5. The van der Waals surface area contributed by atoms with Crippen LogP contribution in [0.25, 0.3) is 0 Å². The highest BCUT2D eigenvalue weighted by molar-refractivity contribution is 7.19. The second kappa shape index (κ2) is 8.04. The molecule has 108 valence electrons. The first kappa shape index (κ1) is 15.8. The van der Waals surface area contributed by atoms with Crippen LogP contribution in [-0.2, 0) is 0 Å². The van der Waals surface area contributed by atoms with E-state index in [0.29, 0.717) is 22.7 Å². The van der Waals surface area contributed by atoms with Crippen LogP contribution in [-0.4, -0.2) is 19.4 Å². The van der Waals surface area contributed by atoms with Crippen molar-refractivity contribution in [3.05, 3.63) is 4.88 Å². The number of unbranched alkanes of at least 4 members (excludes halogenated alkanes) is 3. The SMILES string of the molecule is CCCCCCNc1sc(C(=O)CC)c(N)c1OC. The third-order valence-corrected chi connectivity index (χ3v) is 4.18. The summed E-state index contributed by atoms with van der Waals surface area (Å²) in [6, 6.07) is 0. The Kier molecular flexibility index (Phi) is 6.70. The van der Waals surface area contributed by atoms with Crippen LogP contribution in [0.15, 0.2) is 0 Å². The Labute approximate surface area is 119 Å². The monoisotopic (exact) mass is 284 g/mol. The lowest BCUT2D eigenvalue weighted by molar-refractivity contribution is 0.0992. The van der Waals surface area contributed by atoms with E-state index in [-0.39, 0.29) is 5.78 Å². The first-order valence-corrected chi connectivity index (χ1v) is 7.70. The third kappa shape index (κ3) is 4.13. The lowest BCUT2D eigenvalue weighted by atomic mass is 10.2. The summed E-state index contributed by atoms with van der Waals surface area (Å²) in [5, 5.41) is 4.19. The molecule has 0 saturated heterocycles. The highest BCUT2D eigenvalue weighted by Crippen LogP contribution is 2.42. The number of hydrogen-bond donors (Lipinski definition) is 2. The molecule has 1 rings (SSSR count). The van der Waals surface area contributed by atoms with Crippen LogP contribution < -0.4 is 15.8 Å². The van der Waals surface area contributed by atoms with Crippen LogP contribution in [0.3, 0.4) is 0 Å². The Morgan fingerprint density at radius 1 is 1.32 bits per heavy atom. The van der Waals surface area contributed by atoms with Crippen LogP contribution in [0, 0.1) is 0 Å². The van der Waals surface area contributed by atoms with Gasteiger partial charge < -0.3 is 15.8 Å². The quantitative estimate of drug-likeness (QED) is 0.533. The maximum absolute atomic E-state index is 11.8. The van der Waals surface area contributed by atoms with E-state index in [2.05, 4.69) is 12.2 Å². The summed E-state index contributed by atoms with van der Waals surface area (Å²) in [5.41, 5.74) is 6.44. The summed E-state index contributed by atoms with van der Waals surface area (Å²) in [6.07, 6.45) is 5.28. The number of ketones is 1. The zero-order chi connectivity index (χ0) is 14.3. The molecule has 0 saturated carbocycles. The van der Waals surface area contributed by atoms with Gasteiger partial charge in [-0.05, 0) is 6.42 Å². The Balaban J connectivity index is 2.69. The van der Waals surface area contributed by atoms with Crippen molar-refractivity contribution in [1.82, 2.24) is 0 Å². The molecule has 0 amide bonds. The molecule has 1 aromatic rings. The number of nitrogens with one attached hydrogen (secondary N) is 1. The van der Waals surface area contributed by atoms with Crippen molar-refractivity contribution in [2.75, 3.05) is 24.7 Å². The van der Waals surface area contributed by atoms with Gasteiger partial charge in [-0.3, -0.25) is 4.79 Å². The Hall–Kier alpha value is -1.23. The number of nitrogens with two attached hydrogens (primary N) is 1. The number of carbonyl (C=O) groups excluding carboxylic acids is 1. The molecule has 0 bridgehead atoms. The van der Waals surface area contributed by atoms with Crippen LogP contribution in [0.1, 0.15) is 55.6 Å². The average molecular weight is 284 g/mol. The molecule has 5 heteroatoms. The molecule has 1 heterocycles. The number of hydrogen-bond acceptors (Lipinski definition) is 5. The zero-order valence-corrected chi connectivity index (χ0v) is 12.9. The summed E-state index contributed by atoms with van der Waals surface area (Å²) in [7, 11) is 1.58. The molecule has 3 N–H and O–H groups in total. The van der Waals surface area contributed by atoms with Crippen molar-refractivity contribution in [3.8, 4) is 5.75 Å². The number of Topliss-reactive ketones (excluding diaryl/α,β-unsaturated/α-hetero) is 1. The number of methoxy groups -OCH3 is 1. The number of nitrogen functional groups attached to an aromatic ring is 1. The van der Waals surface area contributed by atoms with Crippen molar-refractivity contribution in [2.24, 2.45) is 0 Å². The molecule has 0 atom stereocenters. The van der Waals surface area contributed by atoms with E-state index in [1.165, 1.54) is 30.6 Å². The van der Waals surface area contributed by atoms with Crippen LogP contribution in [0.5, 0.6) is 5.75 Å². The van der Waals surface area contributed by atoms with Gasteiger partial charge in [-0.15, -0.1) is 11.3 Å². The predicted octanol–water partition coefficient (Wildman–Crippen LogP) is 3.92. The molecule has 0 aliphatic heterocycles. The van der Waals surface area contributed by atoms with Gasteiger partial charge >= 0.3 is 0 Å². The topological polar surface area (TPSA) is 64.4 Å². The first-order valence-electron chi connectivity index (χ1n) is 6.88. The standard InChI is InChI=1S/C14H24N2O2S/c1-4-6-7-8-9-16-14-12(18-3)11(15)13(19-14)10(17)5-2/h16H,4-9,15H2,1-3H3. The average Bonchev–Trinajstić information content (AvgIpc) is 2.74. The molecule has 0 fully saturated rings. The van der Waals surface area contributed by atoms with E-state index in [1.54, 1.807) is 7.11 Å². The number of rotatable bonds is 9. The molecular formula is C14H24N2O2S. The molecule has 1 aromatic heterocycles. The van der Waals surface area contributed by atoms with Gasteiger partial charge in [-0.25, -0.2) is 0 Å². The molecule has 0 spiro atoms. The fourth-order valence-electron chi connectivity index (χ4n) is 1.87. The second-order valence-corrected chi connectivity index (χ2v) is 5.49. The summed E-state index contributed by atoms with van der Waals surface area (Å²) in [6.45, 7) is 4.92. The smallest absolute Gasteiger partial charge is 0.176 e. The largest absolute Gasteiger partial charge is 0.492 e. The van der Waals surface area contributed by atoms with Crippen molar-refractivity contribution < 1.29 is 9.53 Å². The molecular weight excluding hydrogens is 260 g/mol. The molecule has 0 radical (unpaired) electrons. The lowest BCUT2D eigenvalue weighted by Gasteiger charge is -2.06. The van der Waals surface area contributed by atoms with Gasteiger partial charge in [-0.1, -0.05) is 33.1 Å². The van der Waals surface area contributed by atoms with Crippen molar-refractivity contribution in [1.29, 1.82) is 0 Å². The maximum Gasteiger partial charge on any atom is 0.176 e. The summed E-state index contributed by atoms with van der Waals surface area (Å²) in [5.74, 6) is 0.678. The van der Waals surface area contributed by atoms with Gasteiger partial charge in [0.1, 0.15) is 5.00 Å². The summed E-state index contributed by atoms with van der Waals surface area (Å²) in [4.78, 5) is 12.4. The number of anilines is 2. The van der Waals surface area contributed by atoms with Gasteiger partial charge in [0, 0.05) is 13.0 Å². The van der Waals surface area contributed by atoms with E-state index in [4.69, 9.17) is 10.5 Å². The number of carbonyl (C=O) groups is 1. The van der Waals surface area contributed by atoms with Crippen molar-refractivity contribution in [3.63, 3.8) is 0 Å². The van der Waals surface area contributed by atoms with Crippen LogP contribution in [0.4, 0.5) is 10.7 Å². The van der Waals surface area contributed by atoms with Crippen LogP contribution >= 0.6 is 11.3 Å². The van der Waals surface area contributed by atoms with Gasteiger partial charge in [0.25, 0.3) is 0 Å². The fourth-order valence-corrected chi connectivity index (χ4v) is 2.99. The van der Waals surface area contributed by atoms with Gasteiger partial charge in [-0.2, -0.15) is 0 Å². The fraction of sp³-hybridized carbons (Fsp3) is 0.643. The number of ether oxygens (including phenoxy) is 1. The summed E-state index contributed by atoms with van der Waals surface area (Å²) >= 11 is 1.40. The Bertz CT molecular complexity index is 416. The molecule has 0 aromatic carbocycles. The minimum Gasteiger partial charge on any atom is -0.492 e. The summed E-state index contributed by atoms with van der Waals surface area (Å²) < 4.78 is 5.30. The number of thiophene rings is 1. The first-order chi connectivity index (χ1) is 9.15. The van der Waals surface area contributed by atoms with Crippen LogP contribution in [0.2, 0.25) is 0 Å². The molecule has 19 heavy (non-hydrogen) atoms. The Morgan fingerprint density at radius 2 is 2.05 bits per heavy atom. The van der Waals surface area contributed by atoms with Crippen molar-refractivity contribution in [2.45, 2.75) is 46.0 Å². The highest BCUT2D eigenvalue weighted by Gasteiger charge is 2.20. The second-order valence-electron chi connectivity index (χ2n) is 4.47. The van der Waals surface area contributed by atoms with Crippen molar-refractivity contribution >= 4 is 27.8 Å². The van der Waals surface area contributed by atoms with E-state index < -0.39 is 0 Å². The van der Waals surface area contributed by atoms with E-state index in [0.717, 1.165) is 18.0 Å². The molecule has 4 nitrogen and oxygen atoms in total. The van der Waals surface area contributed by atoms with Gasteiger partial charge in [0.05, 0.1) is 17.7 Å². The minimum atomic E-state index is 0.0693. The van der Waals surface area contributed by atoms with E-state index in [1.807, 2.05) is 6.92 Å².